The van der Waals surface area contributed by atoms with E-state index >= 15 is 0 Å². The molecule has 0 saturated heterocycles. The summed E-state index contributed by atoms with van der Waals surface area (Å²) in [5.41, 5.74) is 2.44. The highest BCUT2D eigenvalue weighted by Gasteiger charge is 2.23. The average Bonchev–Trinajstić information content (AvgIpc) is 2.21. The number of ether oxygens (including phenoxy) is 1. The topological polar surface area (TPSA) is 26.3 Å². The van der Waals surface area contributed by atoms with Gasteiger partial charge < -0.3 is 4.74 Å². The van der Waals surface area contributed by atoms with Crippen molar-refractivity contribution in [2.45, 2.75) is 40.0 Å². The molecule has 0 spiro atoms. The minimum absolute atomic E-state index is 0.202. The molecule has 1 aliphatic carbocycles. The van der Waals surface area contributed by atoms with E-state index in [0.717, 1.165) is 12.8 Å². The molecule has 0 bridgehead atoms. The molecule has 2 nitrogen and oxygen atoms in total. The number of carbonyl (C=O) groups excluding carboxylic acids is 1. The smallest absolute Gasteiger partial charge is 0.330 e. The summed E-state index contributed by atoms with van der Waals surface area (Å²) in [6, 6.07) is 0. The van der Waals surface area contributed by atoms with Crippen molar-refractivity contribution in [3.8, 4) is 0 Å². The number of hydrogen-bond donors (Lipinski definition) is 0. The molecule has 0 aromatic heterocycles. The first-order chi connectivity index (χ1) is 7.54. The van der Waals surface area contributed by atoms with Crippen LogP contribution in [0.4, 0.5) is 0 Å². The molecule has 0 aromatic carbocycles. The molecule has 2 unspecified atom stereocenters. The van der Waals surface area contributed by atoms with Crippen LogP contribution in [0.5, 0.6) is 0 Å². The van der Waals surface area contributed by atoms with Crippen molar-refractivity contribution in [2.75, 3.05) is 6.61 Å². The normalized spacial score (nSPS) is 27.8. The second-order valence-corrected chi connectivity index (χ2v) is 4.70. The number of allylic oxidation sites excluding steroid dienone is 2. The highest BCUT2D eigenvalue weighted by molar-refractivity contribution is 5.82. The van der Waals surface area contributed by atoms with Crippen molar-refractivity contribution in [3.05, 3.63) is 23.8 Å². The zero-order valence-corrected chi connectivity index (χ0v) is 10.6. The van der Waals surface area contributed by atoms with E-state index in [9.17, 15) is 4.79 Å². The molecule has 2 atom stereocenters. The van der Waals surface area contributed by atoms with E-state index in [-0.39, 0.29) is 5.97 Å². The van der Waals surface area contributed by atoms with Gasteiger partial charge in [-0.25, -0.2) is 4.79 Å². The molecule has 0 amide bonds. The standard InChI is InChI=1S/C14H22O2/c1-5-16-14(15)9-13-8-12(10(2)3)7-6-11(13)4/h9,11-12H,2,5-8H2,1,3-4H3/b13-9+. The van der Waals surface area contributed by atoms with E-state index in [1.807, 2.05) is 6.92 Å². The fraction of sp³-hybridized carbons (Fsp3) is 0.643. The molecule has 1 saturated carbocycles. The Labute approximate surface area is 98.4 Å². The maximum Gasteiger partial charge on any atom is 0.330 e. The minimum atomic E-state index is -0.202. The van der Waals surface area contributed by atoms with Crippen LogP contribution in [0.3, 0.4) is 0 Å². The van der Waals surface area contributed by atoms with E-state index in [0.29, 0.717) is 18.4 Å². The van der Waals surface area contributed by atoms with Crippen LogP contribution in [0, 0.1) is 11.8 Å². The number of hydrogen-bond acceptors (Lipinski definition) is 2. The van der Waals surface area contributed by atoms with E-state index in [1.54, 1.807) is 6.08 Å². The summed E-state index contributed by atoms with van der Waals surface area (Å²) < 4.78 is 4.95. The van der Waals surface area contributed by atoms with E-state index in [1.165, 1.54) is 17.6 Å². The third-order valence-electron chi connectivity index (χ3n) is 3.35. The fourth-order valence-electron chi connectivity index (χ4n) is 2.18. The quantitative estimate of drug-likeness (QED) is 0.415. The lowest BCUT2D eigenvalue weighted by Crippen LogP contribution is -2.17. The van der Waals surface area contributed by atoms with Crippen molar-refractivity contribution < 1.29 is 9.53 Å². The van der Waals surface area contributed by atoms with Crippen LogP contribution >= 0.6 is 0 Å². The predicted octanol–water partition coefficient (Wildman–Crippen LogP) is 3.49. The van der Waals surface area contributed by atoms with Gasteiger partial charge in [0.05, 0.1) is 6.61 Å². The Bertz CT molecular complexity index is 302. The van der Waals surface area contributed by atoms with Crippen molar-refractivity contribution in [3.63, 3.8) is 0 Å². The van der Waals surface area contributed by atoms with Gasteiger partial charge in [-0.2, -0.15) is 0 Å². The summed E-state index contributed by atoms with van der Waals surface area (Å²) in [5.74, 6) is 0.837. The summed E-state index contributed by atoms with van der Waals surface area (Å²) in [6.07, 6.45) is 4.98. The average molecular weight is 222 g/mol. The summed E-state index contributed by atoms with van der Waals surface area (Å²) in [4.78, 5) is 11.4. The van der Waals surface area contributed by atoms with Gasteiger partial charge >= 0.3 is 5.97 Å². The Morgan fingerprint density at radius 2 is 2.25 bits per heavy atom. The van der Waals surface area contributed by atoms with Gasteiger partial charge in [0, 0.05) is 6.08 Å². The molecule has 1 aliphatic rings. The molecule has 1 rings (SSSR count). The Kier molecular flexibility index (Phi) is 4.78. The van der Waals surface area contributed by atoms with Gasteiger partial charge in [-0.1, -0.05) is 24.6 Å². The van der Waals surface area contributed by atoms with Crippen LogP contribution in [0.2, 0.25) is 0 Å². The molecule has 0 aromatic rings. The monoisotopic (exact) mass is 222 g/mol. The molecule has 90 valence electrons. The molecular formula is C14H22O2. The third kappa shape index (κ3) is 3.51. The van der Waals surface area contributed by atoms with Crippen molar-refractivity contribution >= 4 is 5.97 Å². The van der Waals surface area contributed by atoms with Gasteiger partial charge in [-0.15, -0.1) is 0 Å². The van der Waals surface area contributed by atoms with E-state index in [2.05, 4.69) is 20.4 Å². The number of rotatable bonds is 3. The summed E-state index contributed by atoms with van der Waals surface area (Å²) in [7, 11) is 0. The largest absolute Gasteiger partial charge is 0.463 e. The lowest BCUT2D eigenvalue weighted by molar-refractivity contribution is -0.137. The Balaban J connectivity index is 2.69. The van der Waals surface area contributed by atoms with Gasteiger partial charge in [0.2, 0.25) is 0 Å². The van der Waals surface area contributed by atoms with Gasteiger partial charge in [0.15, 0.2) is 0 Å². The van der Waals surface area contributed by atoms with E-state index < -0.39 is 0 Å². The second-order valence-electron chi connectivity index (χ2n) is 4.70. The maximum absolute atomic E-state index is 11.4. The van der Waals surface area contributed by atoms with Crippen LogP contribution in [0.1, 0.15) is 40.0 Å². The zero-order valence-electron chi connectivity index (χ0n) is 10.6. The SMILES string of the molecule is C=C(C)C1CCC(C)/C(=C/C(=O)OCC)C1. The minimum Gasteiger partial charge on any atom is -0.463 e. The van der Waals surface area contributed by atoms with Crippen LogP contribution in [-0.2, 0) is 9.53 Å². The molecule has 0 aliphatic heterocycles. The van der Waals surface area contributed by atoms with Crippen LogP contribution in [0.15, 0.2) is 23.8 Å². The maximum atomic E-state index is 11.4. The summed E-state index contributed by atoms with van der Waals surface area (Å²) in [5, 5.41) is 0. The summed E-state index contributed by atoms with van der Waals surface area (Å²) in [6.45, 7) is 10.5. The molecule has 0 heterocycles. The lowest BCUT2D eigenvalue weighted by atomic mass is 9.76. The van der Waals surface area contributed by atoms with Crippen LogP contribution < -0.4 is 0 Å². The van der Waals surface area contributed by atoms with Crippen LogP contribution in [0.25, 0.3) is 0 Å². The predicted molar refractivity (Wildman–Crippen MR) is 66.0 cm³/mol. The molecular weight excluding hydrogens is 200 g/mol. The van der Waals surface area contributed by atoms with Gasteiger partial charge in [-0.05, 0) is 44.9 Å². The van der Waals surface area contributed by atoms with Crippen molar-refractivity contribution in [1.82, 2.24) is 0 Å². The van der Waals surface area contributed by atoms with Gasteiger partial charge in [0.25, 0.3) is 0 Å². The lowest BCUT2D eigenvalue weighted by Gasteiger charge is -2.29. The van der Waals surface area contributed by atoms with Crippen molar-refractivity contribution in [2.24, 2.45) is 11.8 Å². The Morgan fingerprint density at radius 1 is 1.56 bits per heavy atom. The van der Waals surface area contributed by atoms with Crippen LogP contribution in [-0.4, -0.2) is 12.6 Å². The highest BCUT2D eigenvalue weighted by atomic mass is 16.5. The van der Waals surface area contributed by atoms with Gasteiger partial charge in [-0.3, -0.25) is 0 Å². The van der Waals surface area contributed by atoms with E-state index in [4.69, 9.17) is 4.74 Å². The highest BCUT2D eigenvalue weighted by Crippen LogP contribution is 2.36. The molecule has 2 heteroatoms. The number of esters is 1. The summed E-state index contributed by atoms with van der Waals surface area (Å²) >= 11 is 0. The Hall–Kier alpha value is -1.05. The first-order valence-corrected chi connectivity index (χ1v) is 6.07. The fourth-order valence-corrected chi connectivity index (χ4v) is 2.18. The zero-order chi connectivity index (χ0) is 12.1. The first kappa shape index (κ1) is 13.0. The Morgan fingerprint density at radius 3 is 2.81 bits per heavy atom. The molecule has 0 N–H and O–H groups in total. The van der Waals surface area contributed by atoms with Gasteiger partial charge in [0.1, 0.15) is 0 Å². The first-order valence-electron chi connectivity index (χ1n) is 6.07. The molecule has 16 heavy (non-hydrogen) atoms. The number of carbonyl (C=O) groups is 1. The van der Waals surface area contributed by atoms with Crippen molar-refractivity contribution in [1.29, 1.82) is 0 Å². The molecule has 0 radical (unpaired) electrons. The second kappa shape index (κ2) is 5.88. The third-order valence-corrected chi connectivity index (χ3v) is 3.35. The molecule has 1 fully saturated rings.